The monoisotopic (exact) mass is 287 g/mol. The number of rotatable bonds is 4. The first-order valence-corrected chi connectivity index (χ1v) is 7.13. The second-order valence-corrected chi connectivity index (χ2v) is 5.60. The Morgan fingerprint density at radius 1 is 1.33 bits per heavy atom. The molecule has 3 rings (SSSR count). The van der Waals surface area contributed by atoms with Gasteiger partial charge in [-0.05, 0) is 44.4 Å². The van der Waals surface area contributed by atoms with Crippen molar-refractivity contribution in [2.24, 2.45) is 0 Å². The van der Waals surface area contributed by atoms with E-state index in [0.29, 0.717) is 12.1 Å². The van der Waals surface area contributed by atoms with E-state index in [9.17, 15) is 9.18 Å². The van der Waals surface area contributed by atoms with E-state index in [1.54, 1.807) is 12.1 Å². The minimum absolute atomic E-state index is 0.00516. The van der Waals surface area contributed by atoms with Gasteiger partial charge >= 0.3 is 0 Å². The lowest BCUT2D eigenvalue weighted by Gasteiger charge is -2.22. The first-order valence-electron chi connectivity index (χ1n) is 7.13. The number of hydrogen-bond acceptors (Lipinski definition) is 2. The smallest absolute Gasteiger partial charge is 0.258 e. The lowest BCUT2D eigenvalue weighted by molar-refractivity contribution is 0.0728. The maximum atomic E-state index is 13.0. The first kappa shape index (κ1) is 13.8. The van der Waals surface area contributed by atoms with Crippen LogP contribution in [0.1, 0.15) is 40.2 Å². The van der Waals surface area contributed by atoms with Gasteiger partial charge in [-0.25, -0.2) is 4.39 Å². The average Bonchev–Trinajstić information content (AvgIpc) is 3.24. The number of hydrogen-bond donors (Lipinski definition) is 1. The van der Waals surface area contributed by atoms with Crippen molar-refractivity contribution in [3.8, 4) is 0 Å². The van der Waals surface area contributed by atoms with E-state index in [-0.39, 0.29) is 17.8 Å². The highest BCUT2D eigenvalue weighted by Crippen LogP contribution is 2.30. The normalized spacial score (nSPS) is 14.2. The summed E-state index contributed by atoms with van der Waals surface area (Å²) in [5.74, 6) is -0.254. The molecule has 1 N–H and O–H groups in total. The molecular formula is C16H18FN3O. The fourth-order valence-corrected chi connectivity index (χ4v) is 2.55. The second-order valence-electron chi connectivity index (χ2n) is 5.60. The largest absolute Gasteiger partial charge is 0.331 e. The predicted molar refractivity (Wildman–Crippen MR) is 77.4 cm³/mol. The molecule has 4 nitrogen and oxygen atoms in total. The van der Waals surface area contributed by atoms with Crippen LogP contribution in [0.3, 0.4) is 0 Å². The third-order valence-corrected chi connectivity index (χ3v) is 3.86. The molecule has 2 aromatic rings. The summed E-state index contributed by atoms with van der Waals surface area (Å²) in [6, 6.07) is 6.61. The summed E-state index contributed by atoms with van der Waals surface area (Å²) < 4.78 is 13.0. The molecule has 1 aromatic heterocycles. The molecule has 1 aliphatic rings. The fourth-order valence-electron chi connectivity index (χ4n) is 2.55. The van der Waals surface area contributed by atoms with Crippen LogP contribution in [0.25, 0.3) is 0 Å². The summed E-state index contributed by atoms with van der Waals surface area (Å²) >= 11 is 0. The molecule has 5 heteroatoms. The summed E-state index contributed by atoms with van der Waals surface area (Å²) in [7, 11) is 0. The van der Waals surface area contributed by atoms with Gasteiger partial charge in [-0.15, -0.1) is 0 Å². The molecule has 0 spiro atoms. The Bertz CT molecular complexity index is 639. The Hall–Kier alpha value is -2.17. The predicted octanol–water partition coefficient (Wildman–Crippen LogP) is 2.97. The van der Waals surface area contributed by atoms with Crippen LogP contribution in [0.2, 0.25) is 0 Å². The molecule has 110 valence electrons. The topological polar surface area (TPSA) is 49.0 Å². The van der Waals surface area contributed by atoms with Gasteiger partial charge in [-0.3, -0.25) is 9.89 Å². The van der Waals surface area contributed by atoms with E-state index in [0.717, 1.165) is 29.8 Å². The lowest BCUT2D eigenvalue weighted by atomic mass is 10.1. The zero-order chi connectivity index (χ0) is 15.0. The Balaban J connectivity index is 1.85. The van der Waals surface area contributed by atoms with Crippen LogP contribution in [0.5, 0.6) is 0 Å². The number of aryl methyl sites for hydroxylation is 2. The third-order valence-electron chi connectivity index (χ3n) is 3.86. The van der Waals surface area contributed by atoms with Crippen LogP contribution in [-0.4, -0.2) is 27.0 Å². The lowest BCUT2D eigenvalue weighted by Crippen LogP contribution is -2.33. The van der Waals surface area contributed by atoms with Crippen LogP contribution in [0.4, 0.5) is 4.39 Å². The molecule has 1 heterocycles. The van der Waals surface area contributed by atoms with E-state index >= 15 is 0 Å². The van der Waals surface area contributed by atoms with Gasteiger partial charge in [0.25, 0.3) is 5.91 Å². The molecule has 1 saturated carbocycles. The number of nitrogens with zero attached hydrogens (tertiary/aromatic N) is 2. The quantitative estimate of drug-likeness (QED) is 0.940. The van der Waals surface area contributed by atoms with Gasteiger partial charge < -0.3 is 4.90 Å². The molecular weight excluding hydrogens is 269 g/mol. The van der Waals surface area contributed by atoms with Crippen molar-refractivity contribution >= 4 is 5.91 Å². The standard InChI is InChI=1S/C16H18FN3O/c1-10-15(11(2)19-18-10)16(21)20(14-7-8-14)9-12-3-5-13(17)6-4-12/h3-6,14H,7-9H2,1-2H3,(H,18,19). The maximum absolute atomic E-state index is 13.0. The molecule has 0 unspecified atom stereocenters. The van der Waals surface area contributed by atoms with Crippen molar-refractivity contribution in [2.45, 2.75) is 39.3 Å². The second kappa shape index (κ2) is 5.31. The van der Waals surface area contributed by atoms with Gasteiger partial charge in [-0.1, -0.05) is 12.1 Å². The highest BCUT2D eigenvalue weighted by Gasteiger charge is 2.34. The van der Waals surface area contributed by atoms with Crippen LogP contribution in [0, 0.1) is 19.7 Å². The Morgan fingerprint density at radius 3 is 2.52 bits per heavy atom. The van der Waals surface area contributed by atoms with Gasteiger partial charge in [0, 0.05) is 18.3 Å². The van der Waals surface area contributed by atoms with Gasteiger partial charge in [0.2, 0.25) is 0 Å². The minimum Gasteiger partial charge on any atom is -0.331 e. The molecule has 1 aromatic carbocycles. The molecule has 0 bridgehead atoms. The Kier molecular flexibility index (Phi) is 3.49. The summed E-state index contributed by atoms with van der Waals surface area (Å²) in [4.78, 5) is 14.7. The van der Waals surface area contributed by atoms with Gasteiger partial charge in [-0.2, -0.15) is 5.10 Å². The number of benzene rings is 1. The minimum atomic E-state index is -0.260. The summed E-state index contributed by atoms with van der Waals surface area (Å²) in [6.07, 6.45) is 2.06. The molecule has 0 saturated heterocycles. The zero-order valence-electron chi connectivity index (χ0n) is 12.2. The van der Waals surface area contributed by atoms with Crippen molar-refractivity contribution in [3.63, 3.8) is 0 Å². The van der Waals surface area contributed by atoms with Crippen molar-refractivity contribution in [1.29, 1.82) is 0 Å². The van der Waals surface area contributed by atoms with E-state index in [1.165, 1.54) is 12.1 Å². The number of nitrogens with one attached hydrogen (secondary N) is 1. The first-order chi connectivity index (χ1) is 10.1. The van der Waals surface area contributed by atoms with Crippen LogP contribution in [0.15, 0.2) is 24.3 Å². The maximum Gasteiger partial charge on any atom is 0.258 e. The van der Waals surface area contributed by atoms with Crippen molar-refractivity contribution in [2.75, 3.05) is 0 Å². The van der Waals surface area contributed by atoms with Crippen LogP contribution < -0.4 is 0 Å². The van der Waals surface area contributed by atoms with Gasteiger partial charge in [0.05, 0.1) is 11.3 Å². The van der Waals surface area contributed by atoms with Crippen molar-refractivity contribution < 1.29 is 9.18 Å². The number of halogens is 1. The zero-order valence-corrected chi connectivity index (χ0v) is 12.2. The summed E-state index contributed by atoms with van der Waals surface area (Å²) in [6.45, 7) is 4.20. The van der Waals surface area contributed by atoms with E-state index < -0.39 is 0 Å². The number of carbonyl (C=O) groups excluding carboxylic acids is 1. The third kappa shape index (κ3) is 2.82. The highest BCUT2D eigenvalue weighted by atomic mass is 19.1. The van der Waals surface area contributed by atoms with Crippen molar-refractivity contribution in [3.05, 3.63) is 52.6 Å². The fraction of sp³-hybridized carbons (Fsp3) is 0.375. The summed E-state index contributed by atoms with van der Waals surface area (Å²) in [5, 5.41) is 6.95. The molecule has 1 fully saturated rings. The van der Waals surface area contributed by atoms with E-state index in [4.69, 9.17) is 0 Å². The molecule has 1 aliphatic carbocycles. The van der Waals surface area contributed by atoms with E-state index in [2.05, 4.69) is 10.2 Å². The van der Waals surface area contributed by atoms with Crippen LogP contribution >= 0.6 is 0 Å². The number of H-pyrrole nitrogens is 1. The molecule has 21 heavy (non-hydrogen) atoms. The average molecular weight is 287 g/mol. The SMILES string of the molecule is Cc1n[nH]c(C)c1C(=O)N(Cc1ccc(F)cc1)C1CC1. The Morgan fingerprint density at radius 2 is 2.00 bits per heavy atom. The number of aromatic nitrogens is 2. The van der Waals surface area contributed by atoms with Gasteiger partial charge in [0.15, 0.2) is 0 Å². The number of amides is 1. The highest BCUT2D eigenvalue weighted by molar-refractivity contribution is 5.96. The molecule has 0 radical (unpaired) electrons. The molecule has 0 atom stereocenters. The Labute approximate surface area is 123 Å². The molecule has 1 amide bonds. The summed E-state index contributed by atoms with van der Waals surface area (Å²) in [5.41, 5.74) is 3.11. The van der Waals surface area contributed by atoms with Crippen LogP contribution in [-0.2, 0) is 6.54 Å². The number of aromatic amines is 1. The number of carbonyl (C=O) groups is 1. The van der Waals surface area contributed by atoms with Crippen molar-refractivity contribution in [1.82, 2.24) is 15.1 Å². The van der Waals surface area contributed by atoms with E-state index in [1.807, 2.05) is 18.7 Å². The van der Waals surface area contributed by atoms with Gasteiger partial charge in [0.1, 0.15) is 5.82 Å². The molecule has 0 aliphatic heterocycles.